The van der Waals surface area contributed by atoms with E-state index in [0.29, 0.717) is 4.88 Å². The zero-order chi connectivity index (χ0) is 10.7. The molecule has 0 aliphatic heterocycles. The fourth-order valence-electron chi connectivity index (χ4n) is 0.865. The molecule has 0 bridgehead atoms. The molecule has 4 nitrogen and oxygen atoms in total. The number of nitrogens with one attached hydrogen (secondary N) is 2. The second kappa shape index (κ2) is 4.39. The van der Waals surface area contributed by atoms with Gasteiger partial charge >= 0.3 is 0 Å². The fourth-order valence-corrected chi connectivity index (χ4v) is 1.85. The van der Waals surface area contributed by atoms with Crippen molar-refractivity contribution in [1.29, 1.82) is 0 Å². The van der Waals surface area contributed by atoms with E-state index in [1.54, 1.807) is 0 Å². The van der Waals surface area contributed by atoms with E-state index in [9.17, 15) is 4.79 Å². The molecule has 1 heterocycles. The van der Waals surface area contributed by atoms with Gasteiger partial charge in [0.15, 0.2) is 5.11 Å². The van der Waals surface area contributed by atoms with Crippen LogP contribution in [0.3, 0.4) is 0 Å². The molecule has 1 rings (SSSR count). The zero-order valence-electron chi connectivity index (χ0n) is 7.88. The van der Waals surface area contributed by atoms with Crippen molar-refractivity contribution in [3.8, 4) is 0 Å². The minimum Gasteiger partial charge on any atom is -0.375 e. The standard InChI is InChI=1S/C8H11N3OS2/c1-4-3-6(14-5(4)2)7(12)10-11-8(9)13/h3H,1-2H3,(H,10,12)(H3,9,11,13). The third-order valence-electron chi connectivity index (χ3n) is 1.69. The lowest BCUT2D eigenvalue weighted by atomic mass is 10.3. The molecule has 0 fully saturated rings. The van der Waals surface area contributed by atoms with Gasteiger partial charge in [0, 0.05) is 4.88 Å². The predicted molar refractivity (Wildman–Crippen MR) is 61.2 cm³/mol. The quantitative estimate of drug-likeness (QED) is 0.493. The van der Waals surface area contributed by atoms with E-state index >= 15 is 0 Å². The van der Waals surface area contributed by atoms with Crippen molar-refractivity contribution in [2.24, 2.45) is 5.73 Å². The Kier molecular flexibility index (Phi) is 3.43. The van der Waals surface area contributed by atoms with Gasteiger partial charge < -0.3 is 5.73 Å². The Balaban J connectivity index is 2.65. The molecule has 0 unspecified atom stereocenters. The van der Waals surface area contributed by atoms with Gasteiger partial charge in [0.05, 0.1) is 4.88 Å². The molecule has 0 saturated carbocycles. The van der Waals surface area contributed by atoms with E-state index in [1.165, 1.54) is 11.3 Å². The Morgan fingerprint density at radius 1 is 1.50 bits per heavy atom. The lowest BCUT2D eigenvalue weighted by Crippen LogP contribution is -2.44. The summed E-state index contributed by atoms with van der Waals surface area (Å²) < 4.78 is 0. The molecule has 1 aromatic rings. The van der Waals surface area contributed by atoms with E-state index in [-0.39, 0.29) is 11.0 Å². The fraction of sp³-hybridized carbons (Fsp3) is 0.250. The molecule has 0 saturated heterocycles. The largest absolute Gasteiger partial charge is 0.375 e. The molecule has 14 heavy (non-hydrogen) atoms. The molecule has 76 valence electrons. The van der Waals surface area contributed by atoms with Crippen LogP contribution in [0.5, 0.6) is 0 Å². The summed E-state index contributed by atoms with van der Waals surface area (Å²) in [6.45, 7) is 3.93. The Morgan fingerprint density at radius 3 is 2.57 bits per heavy atom. The summed E-state index contributed by atoms with van der Waals surface area (Å²) in [7, 11) is 0. The molecule has 0 spiro atoms. The number of hydrogen-bond donors (Lipinski definition) is 3. The summed E-state index contributed by atoms with van der Waals surface area (Å²) in [6, 6.07) is 1.83. The highest BCUT2D eigenvalue weighted by Gasteiger charge is 2.09. The number of thiophene rings is 1. The van der Waals surface area contributed by atoms with Crippen LogP contribution in [-0.2, 0) is 0 Å². The van der Waals surface area contributed by atoms with Gasteiger partial charge in [0.2, 0.25) is 0 Å². The number of hydrogen-bond acceptors (Lipinski definition) is 3. The van der Waals surface area contributed by atoms with Gasteiger partial charge in [-0.2, -0.15) is 0 Å². The van der Waals surface area contributed by atoms with Crippen LogP contribution < -0.4 is 16.6 Å². The van der Waals surface area contributed by atoms with Crippen molar-refractivity contribution in [3.63, 3.8) is 0 Å². The molecule has 1 aromatic heterocycles. The van der Waals surface area contributed by atoms with E-state index in [2.05, 4.69) is 23.1 Å². The molecule has 0 radical (unpaired) electrons. The first-order chi connectivity index (χ1) is 6.50. The monoisotopic (exact) mass is 229 g/mol. The maximum absolute atomic E-state index is 11.4. The average Bonchev–Trinajstić information content (AvgIpc) is 2.43. The molecule has 0 aromatic carbocycles. The van der Waals surface area contributed by atoms with Crippen LogP contribution in [0.2, 0.25) is 0 Å². The predicted octanol–water partition coefficient (Wildman–Crippen LogP) is 0.843. The van der Waals surface area contributed by atoms with Crippen molar-refractivity contribution in [1.82, 2.24) is 10.9 Å². The summed E-state index contributed by atoms with van der Waals surface area (Å²) in [5.41, 5.74) is 11.1. The lowest BCUT2D eigenvalue weighted by Gasteiger charge is -2.03. The highest BCUT2D eigenvalue weighted by Crippen LogP contribution is 2.19. The van der Waals surface area contributed by atoms with E-state index in [0.717, 1.165) is 10.4 Å². The second-order valence-electron chi connectivity index (χ2n) is 2.79. The normalized spacial score (nSPS) is 9.57. The average molecular weight is 229 g/mol. The van der Waals surface area contributed by atoms with Gasteiger partial charge in [-0.1, -0.05) is 0 Å². The SMILES string of the molecule is Cc1cc(C(=O)NNC(N)=S)sc1C. The summed E-state index contributed by atoms with van der Waals surface area (Å²) in [4.78, 5) is 13.2. The van der Waals surface area contributed by atoms with Crippen LogP contribution in [0.25, 0.3) is 0 Å². The van der Waals surface area contributed by atoms with Crippen LogP contribution in [0.4, 0.5) is 0 Å². The van der Waals surface area contributed by atoms with Gasteiger partial charge in [-0.3, -0.25) is 15.6 Å². The van der Waals surface area contributed by atoms with E-state index in [4.69, 9.17) is 5.73 Å². The summed E-state index contributed by atoms with van der Waals surface area (Å²) in [6.07, 6.45) is 0. The third kappa shape index (κ3) is 2.68. The first kappa shape index (κ1) is 10.9. The molecule has 0 aliphatic rings. The molecule has 0 aliphatic carbocycles. The van der Waals surface area contributed by atoms with Crippen molar-refractivity contribution in [3.05, 3.63) is 21.4 Å². The van der Waals surface area contributed by atoms with Gasteiger partial charge in [-0.15, -0.1) is 11.3 Å². The summed E-state index contributed by atoms with van der Waals surface area (Å²) in [5.74, 6) is -0.223. The lowest BCUT2D eigenvalue weighted by molar-refractivity contribution is 0.0948. The highest BCUT2D eigenvalue weighted by atomic mass is 32.1. The third-order valence-corrected chi connectivity index (χ3v) is 2.94. The number of thiocarbonyl (C=S) groups is 1. The Bertz CT molecular complexity index is 353. The van der Waals surface area contributed by atoms with Crippen LogP contribution in [0, 0.1) is 13.8 Å². The number of rotatable bonds is 1. The molecule has 1 amide bonds. The Morgan fingerprint density at radius 2 is 2.14 bits per heavy atom. The smallest absolute Gasteiger partial charge is 0.279 e. The van der Waals surface area contributed by atoms with Crippen molar-refractivity contribution in [2.75, 3.05) is 0 Å². The van der Waals surface area contributed by atoms with Crippen LogP contribution in [0.15, 0.2) is 6.07 Å². The van der Waals surface area contributed by atoms with Crippen molar-refractivity contribution in [2.45, 2.75) is 13.8 Å². The molecular weight excluding hydrogens is 218 g/mol. The van der Waals surface area contributed by atoms with Crippen LogP contribution >= 0.6 is 23.6 Å². The van der Waals surface area contributed by atoms with Crippen LogP contribution in [0.1, 0.15) is 20.1 Å². The minimum atomic E-state index is -0.223. The Labute approximate surface area is 91.5 Å². The number of carbonyl (C=O) groups excluding carboxylic acids is 1. The number of carbonyl (C=O) groups is 1. The molecule has 4 N–H and O–H groups in total. The van der Waals surface area contributed by atoms with E-state index < -0.39 is 0 Å². The maximum Gasteiger partial charge on any atom is 0.279 e. The first-order valence-corrected chi connectivity index (χ1v) is 5.16. The van der Waals surface area contributed by atoms with Gasteiger partial charge in [-0.05, 0) is 37.7 Å². The van der Waals surface area contributed by atoms with E-state index in [1.807, 2.05) is 19.9 Å². The van der Waals surface area contributed by atoms with Gasteiger partial charge in [0.1, 0.15) is 0 Å². The number of aryl methyl sites for hydroxylation is 2. The second-order valence-corrected chi connectivity index (χ2v) is 4.49. The molecule has 0 atom stereocenters. The minimum absolute atomic E-state index is 0.0448. The first-order valence-electron chi connectivity index (χ1n) is 3.93. The Hall–Kier alpha value is -1.14. The van der Waals surface area contributed by atoms with Crippen molar-refractivity contribution >= 4 is 34.6 Å². The topological polar surface area (TPSA) is 67.2 Å². The maximum atomic E-state index is 11.4. The number of nitrogens with two attached hydrogens (primary N) is 1. The number of hydrazine groups is 1. The summed E-state index contributed by atoms with van der Waals surface area (Å²) >= 11 is 5.99. The molecular formula is C8H11N3OS2. The zero-order valence-corrected chi connectivity index (χ0v) is 9.51. The van der Waals surface area contributed by atoms with Crippen molar-refractivity contribution < 1.29 is 4.79 Å². The summed E-state index contributed by atoms with van der Waals surface area (Å²) in [5, 5.41) is 0.0448. The van der Waals surface area contributed by atoms with Gasteiger partial charge in [0.25, 0.3) is 5.91 Å². The molecule has 6 heteroatoms. The number of amides is 1. The highest BCUT2D eigenvalue weighted by molar-refractivity contribution is 7.80. The van der Waals surface area contributed by atoms with Gasteiger partial charge in [-0.25, -0.2) is 0 Å². The van der Waals surface area contributed by atoms with Crippen LogP contribution in [-0.4, -0.2) is 11.0 Å².